The lowest BCUT2D eigenvalue weighted by Gasteiger charge is -2.08. The number of halogens is 3. The molecule has 1 aromatic carbocycles. The van der Waals surface area contributed by atoms with E-state index in [2.05, 4.69) is 15.0 Å². The summed E-state index contributed by atoms with van der Waals surface area (Å²) in [5.74, 6) is -3.05. The number of hydrogen-bond acceptors (Lipinski definition) is 4. The zero-order valence-corrected chi connectivity index (χ0v) is 14.4. The summed E-state index contributed by atoms with van der Waals surface area (Å²) in [7, 11) is -4.24. The smallest absolute Gasteiger partial charge is 0.265 e. The number of hydrogen-bond donors (Lipinski definition) is 2. The Kier molecular flexibility index (Phi) is 3.78. The van der Waals surface area contributed by atoms with Gasteiger partial charge in [-0.2, -0.15) is 9.37 Å². The van der Waals surface area contributed by atoms with Gasteiger partial charge in [-0.3, -0.25) is 9.71 Å². The first-order chi connectivity index (χ1) is 12.4. The largest absolute Gasteiger partial charge is 0.358 e. The van der Waals surface area contributed by atoms with E-state index < -0.39 is 32.6 Å². The van der Waals surface area contributed by atoms with Crippen LogP contribution < -0.4 is 4.72 Å². The Hall–Kier alpha value is -2.78. The summed E-state index contributed by atoms with van der Waals surface area (Å²) in [6.45, 7) is 0. The number of sulfonamides is 1. The van der Waals surface area contributed by atoms with Crippen molar-refractivity contribution < 1.29 is 17.2 Å². The van der Waals surface area contributed by atoms with Crippen LogP contribution in [0.5, 0.6) is 0 Å². The first-order valence-electron chi connectivity index (χ1n) is 7.26. The van der Waals surface area contributed by atoms with Gasteiger partial charge in [-0.1, -0.05) is 29.8 Å². The molecule has 0 aliphatic heterocycles. The van der Waals surface area contributed by atoms with E-state index in [0.717, 1.165) is 5.39 Å². The molecule has 0 fully saturated rings. The minimum absolute atomic E-state index is 0.142. The number of aromatic amines is 1. The molecular formula is C16H9ClF2N4O2S. The highest BCUT2D eigenvalue weighted by Gasteiger charge is 2.23. The molecule has 4 aromatic rings. The van der Waals surface area contributed by atoms with E-state index in [1.54, 1.807) is 24.4 Å². The number of pyridine rings is 2. The highest BCUT2D eigenvalue weighted by atomic mass is 35.5. The normalized spacial score (nSPS) is 12.0. The lowest BCUT2D eigenvalue weighted by Crippen LogP contribution is -2.15. The van der Waals surface area contributed by atoms with Gasteiger partial charge in [0.25, 0.3) is 10.0 Å². The van der Waals surface area contributed by atoms with Gasteiger partial charge in [0.15, 0.2) is 11.6 Å². The van der Waals surface area contributed by atoms with Gasteiger partial charge in [0.05, 0.1) is 16.1 Å². The van der Waals surface area contributed by atoms with Crippen LogP contribution >= 0.6 is 11.6 Å². The Morgan fingerprint density at radius 1 is 1.19 bits per heavy atom. The molecule has 26 heavy (non-hydrogen) atoms. The predicted octanol–water partition coefficient (Wildman–Crippen LogP) is 3.84. The third-order valence-electron chi connectivity index (χ3n) is 3.79. The molecule has 6 nitrogen and oxygen atoms in total. The Morgan fingerprint density at radius 3 is 2.81 bits per heavy atom. The second-order valence-corrected chi connectivity index (χ2v) is 7.47. The summed E-state index contributed by atoms with van der Waals surface area (Å²) in [6.07, 6.45) is 2.84. The lowest BCUT2D eigenvalue weighted by atomic mass is 10.1. The Bertz CT molecular complexity index is 1270. The second kappa shape index (κ2) is 5.89. The summed E-state index contributed by atoms with van der Waals surface area (Å²) in [6, 6.07) is 7.58. The fourth-order valence-corrected chi connectivity index (χ4v) is 3.95. The maximum Gasteiger partial charge on any atom is 0.265 e. The maximum absolute atomic E-state index is 13.9. The monoisotopic (exact) mass is 394 g/mol. The first kappa shape index (κ1) is 16.7. The summed E-state index contributed by atoms with van der Waals surface area (Å²) in [5.41, 5.74) is 1.10. The van der Waals surface area contributed by atoms with Gasteiger partial charge < -0.3 is 4.98 Å². The van der Waals surface area contributed by atoms with Crippen molar-refractivity contribution in [2.75, 3.05) is 4.72 Å². The molecule has 0 saturated carbocycles. The maximum atomic E-state index is 13.9. The van der Waals surface area contributed by atoms with Crippen LogP contribution in [-0.2, 0) is 10.0 Å². The topological polar surface area (TPSA) is 87.7 Å². The van der Waals surface area contributed by atoms with Crippen LogP contribution in [0, 0.1) is 11.8 Å². The molecular weight excluding hydrogens is 386 g/mol. The molecule has 0 aliphatic carbocycles. The fraction of sp³-hybridized carbons (Fsp3) is 0. The number of benzene rings is 1. The number of aromatic nitrogens is 3. The Morgan fingerprint density at radius 2 is 2.00 bits per heavy atom. The zero-order chi connectivity index (χ0) is 18.5. The van der Waals surface area contributed by atoms with E-state index in [9.17, 15) is 17.2 Å². The lowest BCUT2D eigenvalue weighted by molar-refractivity contribution is 0.564. The van der Waals surface area contributed by atoms with Crippen LogP contribution in [-0.4, -0.2) is 23.4 Å². The van der Waals surface area contributed by atoms with Crippen molar-refractivity contribution in [1.29, 1.82) is 0 Å². The van der Waals surface area contributed by atoms with E-state index in [4.69, 9.17) is 11.6 Å². The summed E-state index contributed by atoms with van der Waals surface area (Å²) >= 11 is 5.42. The number of rotatable bonds is 3. The highest BCUT2D eigenvalue weighted by Crippen LogP contribution is 2.30. The Balaban J connectivity index is 1.84. The number of H-pyrrole nitrogens is 1. The third-order valence-corrected chi connectivity index (χ3v) is 5.44. The van der Waals surface area contributed by atoms with Crippen LogP contribution in [0.2, 0.25) is 5.02 Å². The summed E-state index contributed by atoms with van der Waals surface area (Å²) < 4.78 is 54.6. The molecule has 132 valence electrons. The zero-order valence-electron chi connectivity index (χ0n) is 12.8. The average Bonchev–Trinajstić information content (AvgIpc) is 3.05. The third kappa shape index (κ3) is 2.65. The van der Waals surface area contributed by atoms with Crippen molar-refractivity contribution in [1.82, 2.24) is 15.0 Å². The average molecular weight is 395 g/mol. The second-order valence-electron chi connectivity index (χ2n) is 5.41. The molecule has 0 aliphatic rings. The minimum atomic E-state index is -4.24. The molecule has 0 radical (unpaired) electrons. The van der Waals surface area contributed by atoms with Gasteiger partial charge in [-0.05, 0) is 6.07 Å². The van der Waals surface area contributed by atoms with Crippen molar-refractivity contribution in [3.05, 3.63) is 59.5 Å². The van der Waals surface area contributed by atoms with E-state index in [1.807, 2.05) is 10.8 Å². The van der Waals surface area contributed by atoms with Crippen molar-refractivity contribution in [3.8, 4) is 0 Å². The van der Waals surface area contributed by atoms with Gasteiger partial charge in [-0.25, -0.2) is 12.8 Å². The number of nitrogens with zero attached hydrogens (tertiary/aromatic N) is 2. The highest BCUT2D eigenvalue weighted by molar-refractivity contribution is 7.93. The van der Waals surface area contributed by atoms with E-state index in [0.29, 0.717) is 22.5 Å². The van der Waals surface area contributed by atoms with E-state index in [1.165, 1.54) is 6.20 Å². The molecule has 0 amide bonds. The van der Waals surface area contributed by atoms with Crippen molar-refractivity contribution in [3.63, 3.8) is 0 Å². The van der Waals surface area contributed by atoms with Crippen LogP contribution in [0.3, 0.4) is 0 Å². The van der Waals surface area contributed by atoms with Crippen molar-refractivity contribution >= 4 is 49.2 Å². The summed E-state index contributed by atoms with van der Waals surface area (Å²) in [4.78, 5) is 10.2. The van der Waals surface area contributed by atoms with Crippen molar-refractivity contribution in [2.24, 2.45) is 0 Å². The molecule has 3 heterocycles. The number of fused-ring (bicyclic) bond motifs is 3. The number of nitrogens with one attached hydrogen (secondary N) is 2. The first-order valence-corrected chi connectivity index (χ1v) is 9.12. The standard InChI is InChI=1S/C16H9ClF2N4O2S/c17-10-6-11(18)16(22-15(10)19)23-26(24,25)12-7-21-14-9(12)4-3-8-2-1-5-20-13(8)14/h1-7,21H,(H,22,23). The molecule has 0 saturated heterocycles. The minimum Gasteiger partial charge on any atom is -0.358 e. The molecule has 4 rings (SSSR count). The fourth-order valence-electron chi connectivity index (χ4n) is 2.63. The van der Waals surface area contributed by atoms with Crippen LogP contribution in [0.1, 0.15) is 0 Å². The van der Waals surface area contributed by atoms with Gasteiger partial charge in [0.2, 0.25) is 5.95 Å². The molecule has 2 N–H and O–H groups in total. The SMILES string of the molecule is O=S(=O)(Nc1nc(F)c(Cl)cc1F)c1c[nH]c2c1ccc1cccnc12. The molecule has 10 heteroatoms. The quantitative estimate of drug-likeness (QED) is 0.517. The van der Waals surface area contributed by atoms with Gasteiger partial charge in [0, 0.05) is 29.2 Å². The van der Waals surface area contributed by atoms with Crippen LogP contribution in [0.25, 0.3) is 21.8 Å². The van der Waals surface area contributed by atoms with Crippen LogP contribution in [0.15, 0.2) is 47.6 Å². The molecule has 0 atom stereocenters. The molecule has 0 spiro atoms. The van der Waals surface area contributed by atoms with Crippen LogP contribution in [0.4, 0.5) is 14.6 Å². The molecule has 3 aromatic heterocycles. The predicted molar refractivity (Wildman–Crippen MR) is 93.6 cm³/mol. The Labute approximate surface area is 150 Å². The number of anilines is 1. The van der Waals surface area contributed by atoms with Gasteiger partial charge >= 0.3 is 0 Å². The van der Waals surface area contributed by atoms with E-state index in [-0.39, 0.29) is 4.90 Å². The van der Waals surface area contributed by atoms with Crippen molar-refractivity contribution in [2.45, 2.75) is 4.90 Å². The molecule has 0 unspecified atom stereocenters. The van der Waals surface area contributed by atoms with Gasteiger partial charge in [0.1, 0.15) is 4.90 Å². The molecule has 0 bridgehead atoms. The van der Waals surface area contributed by atoms with E-state index >= 15 is 0 Å². The summed E-state index contributed by atoms with van der Waals surface area (Å²) in [5, 5.41) is 0.639. The van der Waals surface area contributed by atoms with Gasteiger partial charge in [-0.15, -0.1) is 0 Å².